The molecule has 3 heterocycles. The molecule has 0 aliphatic carbocycles. The van der Waals surface area contributed by atoms with E-state index < -0.39 is 17.6 Å². The summed E-state index contributed by atoms with van der Waals surface area (Å²) in [5.41, 5.74) is -1.19. The molecular formula is C22H26F3N5O. The van der Waals surface area contributed by atoms with Gasteiger partial charge in [0.25, 0.3) is 5.91 Å². The van der Waals surface area contributed by atoms with Crippen LogP contribution in [0.2, 0.25) is 0 Å². The molecule has 4 rings (SSSR count). The number of rotatable bonds is 3. The number of piperazine rings is 1. The van der Waals surface area contributed by atoms with Crippen LogP contribution in [0.25, 0.3) is 0 Å². The van der Waals surface area contributed by atoms with Crippen LogP contribution in [-0.2, 0) is 6.18 Å². The molecule has 2 aliphatic heterocycles. The quantitative estimate of drug-likeness (QED) is 0.736. The highest BCUT2D eigenvalue weighted by molar-refractivity contribution is 5.96. The van der Waals surface area contributed by atoms with Gasteiger partial charge in [0.05, 0.1) is 11.1 Å². The fourth-order valence-electron chi connectivity index (χ4n) is 4.18. The highest BCUT2D eigenvalue weighted by atomic mass is 19.4. The Morgan fingerprint density at radius 3 is 1.84 bits per heavy atom. The predicted octanol–water partition coefficient (Wildman–Crippen LogP) is 3.84. The summed E-state index contributed by atoms with van der Waals surface area (Å²) >= 11 is 0. The number of nitrogens with zero attached hydrogens (tertiary/aromatic N) is 5. The van der Waals surface area contributed by atoms with E-state index in [9.17, 15) is 18.0 Å². The fourth-order valence-corrected chi connectivity index (χ4v) is 4.18. The zero-order valence-corrected chi connectivity index (χ0v) is 17.3. The lowest BCUT2D eigenvalue weighted by molar-refractivity contribution is -0.138. The van der Waals surface area contributed by atoms with Crippen LogP contribution in [0.4, 0.5) is 24.8 Å². The molecule has 0 radical (unpaired) electrons. The summed E-state index contributed by atoms with van der Waals surface area (Å²) in [6, 6.07) is 8.86. The van der Waals surface area contributed by atoms with Gasteiger partial charge in [-0.3, -0.25) is 4.79 Å². The first-order valence-corrected chi connectivity index (χ1v) is 10.7. The molecule has 166 valence electrons. The first-order valence-electron chi connectivity index (χ1n) is 10.7. The average Bonchev–Trinajstić information content (AvgIpc) is 3.08. The maximum Gasteiger partial charge on any atom is 0.417 e. The van der Waals surface area contributed by atoms with E-state index in [0.717, 1.165) is 43.6 Å². The number of halogens is 3. The molecule has 31 heavy (non-hydrogen) atoms. The van der Waals surface area contributed by atoms with E-state index in [4.69, 9.17) is 0 Å². The second kappa shape index (κ2) is 9.11. The molecule has 1 aromatic heterocycles. The first-order chi connectivity index (χ1) is 14.9. The third kappa shape index (κ3) is 4.91. The van der Waals surface area contributed by atoms with Crippen LogP contribution in [0.5, 0.6) is 0 Å². The highest BCUT2D eigenvalue weighted by Crippen LogP contribution is 2.32. The molecule has 9 heteroatoms. The first kappa shape index (κ1) is 21.4. The smallest absolute Gasteiger partial charge is 0.355 e. The molecule has 1 amide bonds. The van der Waals surface area contributed by atoms with Gasteiger partial charge in [-0.2, -0.15) is 13.2 Å². The third-order valence-corrected chi connectivity index (χ3v) is 5.92. The molecule has 0 unspecified atom stereocenters. The van der Waals surface area contributed by atoms with Gasteiger partial charge >= 0.3 is 6.18 Å². The zero-order chi connectivity index (χ0) is 21.8. The third-order valence-electron chi connectivity index (χ3n) is 5.92. The zero-order valence-electron chi connectivity index (χ0n) is 17.3. The molecule has 0 atom stereocenters. The fraction of sp³-hybridized carbons (Fsp3) is 0.500. The second-order valence-corrected chi connectivity index (χ2v) is 7.97. The number of benzene rings is 1. The molecule has 0 N–H and O–H groups in total. The van der Waals surface area contributed by atoms with E-state index in [-0.39, 0.29) is 5.56 Å². The summed E-state index contributed by atoms with van der Waals surface area (Å²) in [6.07, 6.45) is 0.267. The molecule has 2 aliphatic rings. The molecular weight excluding hydrogens is 407 g/mol. The van der Waals surface area contributed by atoms with Crippen molar-refractivity contribution in [2.45, 2.75) is 31.9 Å². The van der Waals surface area contributed by atoms with Crippen molar-refractivity contribution in [1.29, 1.82) is 0 Å². The van der Waals surface area contributed by atoms with E-state index in [0.29, 0.717) is 26.2 Å². The van der Waals surface area contributed by atoms with E-state index >= 15 is 0 Å². The van der Waals surface area contributed by atoms with Gasteiger partial charge in [-0.15, -0.1) is 10.2 Å². The average molecular weight is 433 g/mol. The van der Waals surface area contributed by atoms with Gasteiger partial charge in [0.2, 0.25) is 0 Å². The number of carbonyl (C=O) groups is 1. The van der Waals surface area contributed by atoms with Crippen LogP contribution in [-0.4, -0.2) is 60.3 Å². The minimum atomic E-state index is -4.56. The Kier molecular flexibility index (Phi) is 6.29. The van der Waals surface area contributed by atoms with Crippen LogP contribution in [0.1, 0.15) is 41.6 Å². The molecule has 1 aromatic carbocycles. The Morgan fingerprint density at radius 2 is 1.29 bits per heavy atom. The van der Waals surface area contributed by atoms with Crippen LogP contribution < -0.4 is 9.80 Å². The maximum absolute atomic E-state index is 13.3. The van der Waals surface area contributed by atoms with Crippen molar-refractivity contribution in [2.24, 2.45) is 0 Å². The molecule has 0 bridgehead atoms. The highest BCUT2D eigenvalue weighted by Gasteiger charge is 2.36. The lowest BCUT2D eigenvalue weighted by Crippen LogP contribution is -2.49. The van der Waals surface area contributed by atoms with Crippen LogP contribution in [0.15, 0.2) is 36.4 Å². The topological polar surface area (TPSA) is 52.6 Å². The van der Waals surface area contributed by atoms with Crippen molar-refractivity contribution < 1.29 is 18.0 Å². The van der Waals surface area contributed by atoms with Gasteiger partial charge in [-0.05, 0) is 37.1 Å². The number of hydrogen-bond acceptors (Lipinski definition) is 5. The van der Waals surface area contributed by atoms with Crippen molar-refractivity contribution in [1.82, 2.24) is 15.1 Å². The van der Waals surface area contributed by atoms with Crippen molar-refractivity contribution in [3.63, 3.8) is 0 Å². The molecule has 0 saturated carbocycles. The summed E-state index contributed by atoms with van der Waals surface area (Å²) in [4.78, 5) is 18.5. The van der Waals surface area contributed by atoms with E-state index in [1.54, 1.807) is 0 Å². The SMILES string of the molecule is O=C(c1ccccc1C(F)(F)F)N1CCN(c2ccc(N3CCCCCC3)nn2)CC1. The molecule has 6 nitrogen and oxygen atoms in total. The number of carbonyl (C=O) groups excluding carboxylic acids is 1. The second-order valence-electron chi connectivity index (χ2n) is 7.97. The number of amides is 1. The minimum absolute atomic E-state index is 0.301. The number of alkyl halides is 3. The largest absolute Gasteiger partial charge is 0.417 e. The Hall–Kier alpha value is -2.84. The van der Waals surface area contributed by atoms with E-state index in [1.165, 1.54) is 35.9 Å². The van der Waals surface area contributed by atoms with Crippen LogP contribution >= 0.6 is 0 Å². The Bertz CT molecular complexity index is 887. The van der Waals surface area contributed by atoms with Gasteiger partial charge in [0.1, 0.15) is 0 Å². The molecule has 2 saturated heterocycles. The lowest BCUT2D eigenvalue weighted by Gasteiger charge is -2.35. The van der Waals surface area contributed by atoms with Crippen molar-refractivity contribution >= 4 is 17.5 Å². The summed E-state index contributed by atoms with van der Waals surface area (Å²) in [7, 11) is 0. The Morgan fingerprint density at radius 1 is 0.742 bits per heavy atom. The predicted molar refractivity (Wildman–Crippen MR) is 112 cm³/mol. The van der Waals surface area contributed by atoms with E-state index in [2.05, 4.69) is 15.1 Å². The number of hydrogen-bond donors (Lipinski definition) is 0. The molecule has 2 fully saturated rings. The van der Waals surface area contributed by atoms with Gasteiger partial charge < -0.3 is 14.7 Å². The maximum atomic E-state index is 13.3. The van der Waals surface area contributed by atoms with Crippen molar-refractivity contribution in [3.05, 3.63) is 47.5 Å². The van der Waals surface area contributed by atoms with Gasteiger partial charge in [-0.1, -0.05) is 25.0 Å². The normalized spacial score (nSPS) is 18.1. The standard InChI is InChI=1S/C22H26F3N5O/c23-22(24,25)18-8-4-3-7-17(18)21(31)30-15-13-29(14-16-30)20-10-9-19(26-27-20)28-11-5-1-2-6-12-28/h3-4,7-10H,1-2,5-6,11-16H2. The van der Waals surface area contributed by atoms with Gasteiger partial charge in [0.15, 0.2) is 11.6 Å². The van der Waals surface area contributed by atoms with Crippen LogP contribution in [0.3, 0.4) is 0 Å². The lowest BCUT2D eigenvalue weighted by atomic mass is 10.1. The minimum Gasteiger partial charge on any atom is -0.355 e. The van der Waals surface area contributed by atoms with Crippen molar-refractivity contribution in [3.8, 4) is 0 Å². The summed E-state index contributed by atoms with van der Waals surface area (Å²) in [6.45, 7) is 3.65. The Balaban J connectivity index is 1.38. The van der Waals surface area contributed by atoms with Gasteiger partial charge in [-0.25, -0.2) is 0 Å². The van der Waals surface area contributed by atoms with E-state index in [1.807, 2.05) is 17.0 Å². The van der Waals surface area contributed by atoms with Gasteiger partial charge in [0, 0.05) is 39.3 Å². The molecule has 2 aromatic rings. The Labute approximate surface area is 179 Å². The monoisotopic (exact) mass is 433 g/mol. The number of anilines is 2. The number of aromatic nitrogens is 2. The summed E-state index contributed by atoms with van der Waals surface area (Å²) in [5.74, 6) is 1.01. The summed E-state index contributed by atoms with van der Waals surface area (Å²) in [5, 5.41) is 8.75. The van der Waals surface area contributed by atoms with Crippen LogP contribution in [0, 0.1) is 0 Å². The van der Waals surface area contributed by atoms with Crippen molar-refractivity contribution in [2.75, 3.05) is 49.1 Å². The molecule has 0 spiro atoms. The summed E-state index contributed by atoms with van der Waals surface area (Å²) < 4.78 is 39.8.